The topological polar surface area (TPSA) is 56.2 Å². The molecule has 4 heteroatoms. The molecule has 0 atom stereocenters. The van der Waals surface area contributed by atoms with Crippen LogP contribution in [0.1, 0.15) is 27.8 Å². The number of fused-ring (bicyclic) bond motifs is 1. The summed E-state index contributed by atoms with van der Waals surface area (Å²) in [5, 5.41) is 0. The maximum absolute atomic E-state index is 13.0. The van der Waals surface area contributed by atoms with Gasteiger partial charge in [0.2, 0.25) is 5.89 Å². The van der Waals surface area contributed by atoms with Crippen molar-refractivity contribution in [2.75, 3.05) is 0 Å². The van der Waals surface area contributed by atoms with Gasteiger partial charge in [-0.05, 0) is 37.3 Å². The molecule has 0 aliphatic rings. The van der Waals surface area contributed by atoms with Crippen molar-refractivity contribution in [3.8, 4) is 0 Å². The Kier molecular flexibility index (Phi) is 3.78. The lowest BCUT2D eigenvalue weighted by atomic mass is 10.0. The van der Waals surface area contributed by atoms with E-state index < -0.39 is 0 Å². The Bertz CT molecular complexity index is 1040. The van der Waals surface area contributed by atoms with Gasteiger partial charge in [0.15, 0.2) is 11.4 Å². The number of hydrogen-bond donors (Lipinski definition) is 0. The van der Waals surface area contributed by atoms with Crippen LogP contribution >= 0.6 is 0 Å². The molecule has 2 aromatic carbocycles. The highest BCUT2D eigenvalue weighted by atomic mass is 16.4. The Morgan fingerprint density at radius 3 is 2.40 bits per heavy atom. The van der Waals surface area contributed by atoms with Gasteiger partial charge in [-0.2, -0.15) is 0 Å². The normalized spacial score (nSPS) is 11.8. The highest BCUT2D eigenvalue weighted by molar-refractivity contribution is 6.31. The Balaban J connectivity index is 1.86. The number of ketones is 1. The molecule has 4 nitrogen and oxygen atoms in total. The largest absolute Gasteiger partial charge is 0.462 e. The molecular weight excluding hydrogens is 314 g/mol. The van der Waals surface area contributed by atoms with E-state index in [1.807, 2.05) is 61.5 Å². The molecule has 4 aromatic rings. The number of furan rings is 1. The molecule has 0 saturated heterocycles. The van der Waals surface area contributed by atoms with Crippen molar-refractivity contribution in [3.05, 3.63) is 89.7 Å². The van der Waals surface area contributed by atoms with Crippen LogP contribution in [0.5, 0.6) is 0 Å². The standard InChI is InChI=1S/C21H15NO3/c1-14-11-12-16(24-14)13-17(20(23)15-7-3-2-4-8-15)21-22-18-9-5-6-10-19(18)25-21/h2-13H,1H3. The van der Waals surface area contributed by atoms with Crippen molar-refractivity contribution in [2.45, 2.75) is 6.92 Å². The van der Waals surface area contributed by atoms with E-state index >= 15 is 0 Å². The van der Waals surface area contributed by atoms with Crippen LogP contribution < -0.4 is 0 Å². The number of oxazole rings is 1. The molecule has 0 amide bonds. The minimum Gasteiger partial charge on any atom is -0.462 e. The first-order chi connectivity index (χ1) is 12.2. The van der Waals surface area contributed by atoms with Gasteiger partial charge >= 0.3 is 0 Å². The Morgan fingerprint density at radius 2 is 1.68 bits per heavy atom. The Morgan fingerprint density at radius 1 is 0.920 bits per heavy atom. The van der Waals surface area contributed by atoms with Gasteiger partial charge in [0.05, 0.1) is 5.57 Å². The van der Waals surface area contributed by atoms with Gasteiger partial charge in [0.25, 0.3) is 0 Å². The zero-order valence-electron chi connectivity index (χ0n) is 13.6. The first-order valence-electron chi connectivity index (χ1n) is 7.94. The van der Waals surface area contributed by atoms with E-state index in [-0.39, 0.29) is 11.7 Å². The SMILES string of the molecule is Cc1ccc(C=C(C(=O)c2ccccc2)c2nc3ccccc3o2)o1. The number of aromatic nitrogens is 1. The summed E-state index contributed by atoms with van der Waals surface area (Å²) < 4.78 is 11.4. The summed E-state index contributed by atoms with van der Waals surface area (Å²) in [6.07, 6.45) is 1.67. The molecule has 0 aliphatic heterocycles. The molecule has 0 bridgehead atoms. The van der Waals surface area contributed by atoms with Crippen molar-refractivity contribution in [1.29, 1.82) is 0 Å². The third-order valence-corrected chi connectivity index (χ3v) is 3.85. The summed E-state index contributed by atoms with van der Waals surface area (Å²) in [7, 11) is 0. The van der Waals surface area contributed by atoms with Crippen molar-refractivity contribution in [3.63, 3.8) is 0 Å². The molecule has 122 valence electrons. The van der Waals surface area contributed by atoms with Gasteiger partial charge in [-0.25, -0.2) is 4.98 Å². The first kappa shape index (κ1) is 15.1. The number of para-hydroxylation sites is 2. The molecule has 4 rings (SSSR count). The number of rotatable bonds is 4. The fourth-order valence-corrected chi connectivity index (χ4v) is 2.63. The zero-order chi connectivity index (χ0) is 17.2. The van der Waals surface area contributed by atoms with Crippen LogP contribution in [-0.2, 0) is 0 Å². The van der Waals surface area contributed by atoms with Gasteiger partial charge in [-0.1, -0.05) is 42.5 Å². The van der Waals surface area contributed by atoms with Gasteiger partial charge in [-0.3, -0.25) is 4.79 Å². The summed E-state index contributed by atoms with van der Waals surface area (Å²) in [6, 6.07) is 20.2. The van der Waals surface area contributed by atoms with Crippen LogP contribution in [0.4, 0.5) is 0 Å². The molecular formula is C21H15NO3. The molecule has 2 aromatic heterocycles. The summed E-state index contributed by atoms with van der Waals surface area (Å²) in [4.78, 5) is 17.5. The van der Waals surface area contributed by atoms with Gasteiger partial charge in [0.1, 0.15) is 17.0 Å². The summed E-state index contributed by atoms with van der Waals surface area (Å²) in [5.74, 6) is 1.47. The highest BCUT2D eigenvalue weighted by Crippen LogP contribution is 2.26. The number of carbonyl (C=O) groups excluding carboxylic acids is 1. The lowest BCUT2D eigenvalue weighted by Crippen LogP contribution is -2.03. The van der Waals surface area contributed by atoms with E-state index in [2.05, 4.69) is 4.98 Å². The monoisotopic (exact) mass is 329 g/mol. The average molecular weight is 329 g/mol. The number of hydrogen-bond acceptors (Lipinski definition) is 4. The lowest BCUT2D eigenvalue weighted by molar-refractivity contribution is 0.105. The van der Waals surface area contributed by atoms with Crippen LogP contribution in [0, 0.1) is 6.92 Å². The summed E-state index contributed by atoms with van der Waals surface area (Å²) in [6.45, 7) is 1.86. The van der Waals surface area contributed by atoms with E-state index in [1.54, 1.807) is 18.2 Å². The van der Waals surface area contributed by atoms with E-state index in [0.29, 0.717) is 28.0 Å². The van der Waals surface area contributed by atoms with Crippen LogP contribution in [0.2, 0.25) is 0 Å². The first-order valence-corrected chi connectivity index (χ1v) is 7.94. The molecule has 0 fully saturated rings. The van der Waals surface area contributed by atoms with Crippen molar-refractivity contribution in [2.24, 2.45) is 0 Å². The molecule has 0 aliphatic carbocycles. The summed E-state index contributed by atoms with van der Waals surface area (Å²) in [5.41, 5.74) is 2.27. The fraction of sp³-hybridized carbons (Fsp3) is 0.0476. The van der Waals surface area contributed by atoms with Crippen LogP contribution in [-0.4, -0.2) is 10.8 Å². The molecule has 0 N–H and O–H groups in total. The number of allylic oxidation sites excluding steroid dienone is 1. The number of benzene rings is 2. The molecule has 25 heavy (non-hydrogen) atoms. The smallest absolute Gasteiger partial charge is 0.231 e. The summed E-state index contributed by atoms with van der Waals surface area (Å²) >= 11 is 0. The second-order valence-corrected chi connectivity index (χ2v) is 5.69. The molecule has 0 radical (unpaired) electrons. The highest BCUT2D eigenvalue weighted by Gasteiger charge is 2.20. The van der Waals surface area contributed by atoms with Crippen molar-refractivity contribution < 1.29 is 13.6 Å². The van der Waals surface area contributed by atoms with Crippen LogP contribution in [0.3, 0.4) is 0 Å². The second kappa shape index (κ2) is 6.24. The molecule has 0 saturated carbocycles. The Labute approximate surface area is 144 Å². The van der Waals surface area contributed by atoms with Crippen molar-refractivity contribution >= 4 is 28.5 Å². The number of nitrogens with zero attached hydrogens (tertiary/aromatic N) is 1. The third kappa shape index (κ3) is 3.02. The number of carbonyl (C=O) groups is 1. The molecule has 0 unspecified atom stereocenters. The van der Waals surface area contributed by atoms with E-state index in [0.717, 1.165) is 5.76 Å². The second-order valence-electron chi connectivity index (χ2n) is 5.69. The average Bonchev–Trinajstić information content (AvgIpc) is 3.25. The minimum absolute atomic E-state index is 0.166. The predicted molar refractivity (Wildman–Crippen MR) is 96.1 cm³/mol. The molecule has 0 spiro atoms. The number of Topliss-reactive ketones (excluding diaryl/α,β-unsaturated/α-hetero) is 1. The predicted octanol–water partition coefficient (Wildman–Crippen LogP) is 5.15. The number of aryl methyl sites for hydroxylation is 1. The van der Waals surface area contributed by atoms with Gasteiger partial charge < -0.3 is 8.83 Å². The minimum atomic E-state index is -0.166. The van der Waals surface area contributed by atoms with E-state index in [1.165, 1.54) is 0 Å². The van der Waals surface area contributed by atoms with E-state index in [4.69, 9.17) is 8.83 Å². The zero-order valence-corrected chi connectivity index (χ0v) is 13.6. The third-order valence-electron chi connectivity index (χ3n) is 3.85. The maximum atomic E-state index is 13.0. The van der Waals surface area contributed by atoms with Crippen LogP contribution in [0.15, 0.2) is 75.6 Å². The Hall–Kier alpha value is -3.40. The van der Waals surface area contributed by atoms with Crippen LogP contribution in [0.25, 0.3) is 22.7 Å². The maximum Gasteiger partial charge on any atom is 0.231 e. The fourth-order valence-electron chi connectivity index (χ4n) is 2.63. The van der Waals surface area contributed by atoms with Gasteiger partial charge in [-0.15, -0.1) is 0 Å². The molecule has 2 heterocycles. The van der Waals surface area contributed by atoms with Gasteiger partial charge in [0, 0.05) is 5.56 Å². The van der Waals surface area contributed by atoms with E-state index in [9.17, 15) is 4.79 Å². The lowest BCUT2D eigenvalue weighted by Gasteiger charge is -2.02. The van der Waals surface area contributed by atoms with Crippen molar-refractivity contribution in [1.82, 2.24) is 4.98 Å². The quantitative estimate of drug-likeness (QED) is 0.384.